The zero-order valence-electron chi connectivity index (χ0n) is 19.2. The number of hydrogen-bond acceptors (Lipinski definition) is 6. The second-order valence-electron chi connectivity index (χ2n) is 9.25. The zero-order valence-corrected chi connectivity index (χ0v) is 20.8. The average Bonchev–Trinajstić information content (AvgIpc) is 2.79. The third-order valence-electron chi connectivity index (χ3n) is 7.04. The molecule has 0 spiro atoms. The Morgan fingerprint density at radius 2 is 1.91 bits per heavy atom. The maximum atomic E-state index is 12.7. The van der Waals surface area contributed by atoms with Crippen molar-refractivity contribution in [3.05, 3.63) is 39.5 Å². The highest BCUT2D eigenvalue weighted by Crippen LogP contribution is 2.46. The van der Waals surface area contributed by atoms with Crippen LogP contribution in [-0.4, -0.2) is 29.9 Å². The van der Waals surface area contributed by atoms with Crippen LogP contribution in [0.2, 0.25) is 0 Å². The van der Waals surface area contributed by atoms with Gasteiger partial charge in [-0.2, -0.15) is 4.98 Å². The van der Waals surface area contributed by atoms with Gasteiger partial charge in [-0.25, -0.2) is 4.98 Å². The van der Waals surface area contributed by atoms with Gasteiger partial charge in [-0.1, -0.05) is 22.0 Å². The molecular formula is C24H31BrF3N5O. The van der Waals surface area contributed by atoms with Gasteiger partial charge in [0.25, 0.3) is 0 Å². The maximum absolute atomic E-state index is 12.7. The molecule has 1 atom stereocenters. The molecule has 0 amide bonds. The number of aryl methyl sites for hydroxylation is 1. The molecule has 4 rings (SSSR count). The van der Waals surface area contributed by atoms with E-state index in [-0.39, 0.29) is 5.75 Å². The van der Waals surface area contributed by atoms with Crippen molar-refractivity contribution in [2.75, 3.05) is 24.6 Å². The predicted octanol–water partition coefficient (Wildman–Crippen LogP) is 5.78. The van der Waals surface area contributed by atoms with Gasteiger partial charge in [0.05, 0.1) is 5.69 Å². The minimum atomic E-state index is -4.71. The number of halogens is 4. The van der Waals surface area contributed by atoms with Crippen LogP contribution in [0.25, 0.3) is 0 Å². The SMILES string of the molecule is CNc1nc(N)nc2c1C([C@H]1CC[C@@H](CNCc3ccc(Br)cc3OC(F)(F)F)CC1)CCC2. The number of hydrogen-bond donors (Lipinski definition) is 3. The molecule has 0 bridgehead atoms. The Bertz CT molecular complexity index is 978. The summed E-state index contributed by atoms with van der Waals surface area (Å²) in [4.78, 5) is 8.95. The fourth-order valence-corrected chi connectivity index (χ4v) is 5.85. The molecule has 0 aliphatic heterocycles. The molecule has 1 aromatic heterocycles. The van der Waals surface area contributed by atoms with Crippen molar-refractivity contribution in [1.82, 2.24) is 15.3 Å². The number of ether oxygens (including phenoxy) is 1. The van der Waals surface area contributed by atoms with Gasteiger partial charge in [0.15, 0.2) is 0 Å². The molecule has 2 aliphatic carbocycles. The number of nitrogens with zero attached hydrogens (tertiary/aromatic N) is 2. The summed E-state index contributed by atoms with van der Waals surface area (Å²) in [5.41, 5.74) is 8.73. The molecule has 1 heterocycles. The first kappa shape index (κ1) is 25.0. The van der Waals surface area contributed by atoms with Crippen molar-refractivity contribution in [3.63, 3.8) is 0 Å². The van der Waals surface area contributed by atoms with E-state index in [4.69, 9.17) is 5.73 Å². The van der Waals surface area contributed by atoms with Gasteiger partial charge >= 0.3 is 6.36 Å². The lowest BCUT2D eigenvalue weighted by atomic mass is 9.69. The molecule has 1 saturated carbocycles. The standard InChI is InChI=1S/C24H31BrF3N5O/c1-30-22-21-18(3-2-4-19(21)32-23(29)33-22)15-7-5-14(6-8-15)12-31-13-16-9-10-17(25)11-20(16)34-24(26,27)28/h9-11,14-15,18,31H,2-8,12-13H2,1H3,(H3,29,30,32,33)/t14-,15+,18?. The van der Waals surface area contributed by atoms with Gasteiger partial charge in [-0.3, -0.25) is 0 Å². The van der Waals surface area contributed by atoms with E-state index in [1.165, 1.54) is 11.6 Å². The maximum Gasteiger partial charge on any atom is 0.573 e. The minimum absolute atomic E-state index is 0.169. The van der Waals surface area contributed by atoms with Crippen LogP contribution >= 0.6 is 15.9 Å². The van der Waals surface area contributed by atoms with E-state index in [0.29, 0.717) is 40.3 Å². The summed E-state index contributed by atoms with van der Waals surface area (Å²) in [5, 5.41) is 6.56. The lowest BCUT2D eigenvalue weighted by molar-refractivity contribution is -0.274. The third-order valence-corrected chi connectivity index (χ3v) is 7.54. The topological polar surface area (TPSA) is 85.1 Å². The van der Waals surface area contributed by atoms with Gasteiger partial charge in [-0.15, -0.1) is 13.2 Å². The van der Waals surface area contributed by atoms with Crippen LogP contribution in [0.3, 0.4) is 0 Å². The molecule has 4 N–H and O–H groups in total. The molecule has 6 nitrogen and oxygen atoms in total. The fourth-order valence-electron chi connectivity index (χ4n) is 5.51. The second-order valence-corrected chi connectivity index (χ2v) is 10.2. The highest BCUT2D eigenvalue weighted by atomic mass is 79.9. The molecule has 1 fully saturated rings. The van der Waals surface area contributed by atoms with E-state index in [9.17, 15) is 13.2 Å². The van der Waals surface area contributed by atoms with Gasteiger partial charge in [0.2, 0.25) is 5.95 Å². The number of rotatable bonds is 7. The number of fused-ring (bicyclic) bond motifs is 1. The average molecular weight is 542 g/mol. The lowest BCUT2D eigenvalue weighted by Gasteiger charge is -2.37. The quantitative estimate of drug-likeness (QED) is 0.412. The van der Waals surface area contributed by atoms with Crippen molar-refractivity contribution >= 4 is 27.7 Å². The van der Waals surface area contributed by atoms with Crippen molar-refractivity contribution in [1.29, 1.82) is 0 Å². The van der Waals surface area contributed by atoms with Crippen molar-refractivity contribution < 1.29 is 17.9 Å². The Kier molecular flexibility index (Phi) is 7.87. The smallest absolute Gasteiger partial charge is 0.405 e. The summed E-state index contributed by atoms with van der Waals surface area (Å²) in [6.45, 7) is 1.11. The number of nitrogens with two attached hydrogens (primary N) is 1. The van der Waals surface area contributed by atoms with Gasteiger partial charge in [0.1, 0.15) is 11.6 Å². The molecule has 2 aromatic rings. The van der Waals surface area contributed by atoms with Crippen molar-refractivity contribution in [2.24, 2.45) is 11.8 Å². The number of benzene rings is 1. The summed E-state index contributed by atoms with van der Waals surface area (Å²) in [6.07, 6.45) is 2.96. The number of aromatic nitrogens is 2. The van der Waals surface area contributed by atoms with Crippen LogP contribution in [0.15, 0.2) is 22.7 Å². The number of anilines is 2. The summed E-state index contributed by atoms with van der Waals surface area (Å²) >= 11 is 3.21. The molecule has 1 aromatic carbocycles. The first-order valence-electron chi connectivity index (χ1n) is 11.8. The highest BCUT2D eigenvalue weighted by Gasteiger charge is 2.35. The summed E-state index contributed by atoms with van der Waals surface area (Å²) in [7, 11) is 1.88. The van der Waals surface area contributed by atoms with Crippen LogP contribution in [0.1, 0.15) is 61.3 Å². The van der Waals surface area contributed by atoms with Crippen LogP contribution in [0, 0.1) is 11.8 Å². The molecule has 1 unspecified atom stereocenters. The Morgan fingerprint density at radius 3 is 2.62 bits per heavy atom. The molecule has 186 valence electrons. The summed E-state index contributed by atoms with van der Waals surface area (Å²) in [6, 6.07) is 4.74. The second kappa shape index (κ2) is 10.7. The fraction of sp³-hybridized carbons (Fsp3) is 0.583. The summed E-state index contributed by atoms with van der Waals surface area (Å²) < 4.78 is 43.0. The lowest BCUT2D eigenvalue weighted by Crippen LogP contribution is -2.30. The van der Waals surface area contributed by atoms with E-state index >= 15 is 0 Å². The van der Waals surface area contributed by atoms with Crippen LogP contribution in [0.5, 0.6) is 5.75 Å². The van der Waals surface area contributed by atoms with E-state index in [1.54, 1.807) is 12.1 Å². The first-order chi connectivity index (χ1) is 16.2. The molecule has 0 saturated heterocycles. The van der Waals surface area contributed by atoms with Crippen LogP contribution in [0.4, 0.5) is 24.9 Å². The van der Waals surface area contributed by atoms with Gasteiger partial charge in [-0.05, 0) is 81.4 Å². The van der Waals surface area contributed by atoms with Crippen molar-refractivity contribution in [3.8, 4) is 5.75 Å². The van der Waals surface area contributed by atoms with Crippen LogP contribution < -0.4 is 21.1 Å². The van der Waals surface area contributed by atoms with E-state index in [0.717, 1.165) is 63.0 Å². The summed E-state index contributed by atoms with van der Waals surface area (Å²) in [5.74, 6) is 2.57. The van der Waals surface area contributed by atoms with Crippen molar-refractivity contribution in [2.45, 2.75) is 63.8 Å². The number of alkyl halides is 3. The molecule has 2 aliphatic rings. The van der Waals surface area contributed by atoms with Crippen LogP contribution in [-0.2, 0) is 13.0 Å². The van der Waals surface area contributed by atoms with E-state index in [2.05, 4.69) is 41.3 Å². The normalized spacial score (nSPS) is 22.8. The Hall–Kier alpha value is -2.07. The highest BCUT2D eigenvalue weighted by molar-refractivity contribution is 9.10. The van der Waals surface area contributed by atoms with E-state index in [1.807, 2.05) is 7.05 Å². The Labute approximate surface area is 206 Å². The first-order valence-corrected chi connectivity index (χ1v) is 12.6. The minimum Gasteiger partial charge on any atom is -0.405 e. The molecule has 34 heavy (non-hydrogen) atoms. The Balaban J connectivity index is 1.32. The van der Waals surface area contributed by atoms with Gasteiger partial charge < -0.3 is 21.1 Å². The molecule has 10 heteroatoms. The van der Waals surface area contributed by atoms with Gasteiger partial charge in [0, 0.05) is 29.2 Å². The zero-order chi connectivity index (χ0) is 24.3. The number of nitrogen functional groups attached to an aromatic ring is 1. The number of nitrogens with one attached hydrogen (secondary N) is 2. The van der Waals surface area contributed by atoms with E-state index < -0.39 is 6.36 Å². The third kappa shape index (κ3) is 6.13. The molecule has 0 radical (unpaired) electrons. The Morgan fingerprint density at radius 1 is 1.15 bits per heavy atom. The largest absolute Gasteiger partial charge is 0.573 e. The predicted molar refractivity (Wildman–Crippen MR) is 130 cm³/mol. The molecular weight excluding hydrogens is 511 g/mol. The monoisotopic (exact) mass is 541 g/mol.